The highest BCUT2D eigenvalue weighted by atomic mass is 19.1. The molecule has 1 aromatic carbocycles. The molecule has 0 fully saturated rings. The van der Waals surface area contributed by atoms with Crippen LogP contribution >= 0.6 is 0 Å². The molecule has 0 atom stereocenters. The van der Waals surface area contributed by atoms with Crippen molar-refractivity contribution in [2.75, 3.05) is 0 Å². The Bertz CT molecular complexity index is 256. The van der Waals surface area contributed by atoms with E-state index in [1.54, 1.807) is 13.0 Å². The van der Waals surface area contributed by atoms with Crippen molar-refractivity contribution in [2.24, 2.45) is 0 Å². The standard InChI is InChI=1S/C8H7FO.C2H6/c1-6-2-3-7(5-10)8(9)4-6;1-2/h2-5H,1H3;1-2H3. The van der Waals surface area contributed by atoms with Gasteiger partial charge in [-0.05, 0) is 24.6 Å². The number of benzene rings is 1. The number of rotatable bonds is 1. The summed E-state index contributed by atoms with van der Waals surface area (Å²) < 4.78 is 12.6. The summed E-state index contributed by atoms with van der Waals surface area (Å²) in [6, 6.07) is 4.51. The minimum atomic E-state index is -0.449. The lowest BCUT2D eigenvalue weighted by Crippen LogP contribution is -1.86. The van der Waals surface area contributed by atoms with E-state index < -0.39 is 5.82 Å². The van der Waals surface area contributed by atoms with E-state index in [9.17, 15) is 9.18 Å². The van der Waals surface area contributed by atoms with Gasteiger partial charge >= 0.3 is 0 Å². The lowest BCUT2D eigenvalue weighted by molar-refractivity contribution is 0.112. The minimum Gasteiger partial charge on any atom is -0.298 e. The Kier molecular flexibility index (Phi) is 4.93. The van der Waals surface area contributed by atoms with Gasteiger partial charge in [-0.15, -0.1) is 0 Å². The number of hydrogen-bond acceptors (Lipinski definition) is 1. The van der Waals surface area contributed by atoms with Gasteiger partial charge in [0.25, 0.3) is 0 Å². The molecule has 0 N–H and O–H groups in total. The zero-order chi connectivity index (χ0) is 9.56. The van der Waals surface area contributed by atoms with Gasteiger partial charge < -0.3 is 0 Å². The maximum absolute atomic E-state index is 12.6. The van der Waals surface area contributed by atoms with Crippen LogP contribution in [0.1, 0.15) is 29.8 Å². The van der Waals surface area contributed by atoms with Gasteiger partial charge in [0.1, 0.15) is 5.82 Å². The molecule has 1 aromatic rings. The van der Waals surface area contributed by atoms with Crippen molar-refractivity contribution in [1.82, 2.24) is 0 Å². The van der Waals surface area contributed by atoms with E-state index in [0.29, 0.717) is 6.29 Å². The van der Waals surface area contributed by atoms with E-state index in [2.05, 4.69) is 0 Å². The van der Waals surface area contributed by atoms with Crippen molar-refractivity contribution in [3.05, 3.63) is 35.1 Å². The van der Waals surface area contributed by atoms with E-state index in [1.165, 1.54) is 12.1 Å². The van der Waals surface area contributed by atoms with Gasteiger partial charge in [-0.25, -0.2) is 4.39 Å². The zero-order valence-corrected chi connectivity index (χ0v) is 7.60. The number of hydrogen-bond donors (Lipinski definition) is 0. The normalized spacial score (nSPS) is 8.33. The largest absolute Gasteiger partial charge is 0.298 e. The first-order valence-electron chi connectivity index (χ1n) is 3.95. The second-order valence-corrected chi connectivity index (χ2v) is 2.14. The molecule has 66 valence electrons. The van der Waals surface area contributed by atoms with Crippen LogP contribution in [0.5, 0.6) is 0 Å². The molecule has 0 spiro atoms. The van der Waals surface area contributed by atoms with Crippen molar-refractivity contribution >= 4 is 6.29 Å². The van der Waals surface area contributed by atoms with Gasteiger partial charge in [0.2, 0.25) is 0 Å². The minimum absolute atomic E-state index is 0.116. The molecule has 1 nitrogen and oxygen atoms in total. The molecule has 0 saturated heterocycles. The second kappa shape index (κ2) is 5.47. The Morgan fingerprint density at radius 1 is 1.33 bits per heavy atom. The van der Waals surface area contributed by atoms with Crippen LogP contribution in [0.4, 0.5) is 4.39 Å². The summed E-state index contributed by atoms with van der Waals surface area (Å²) in [7, 11) is 0. The van der Waals surface area contributed by atoms with Gasteiger partial charge in [0, 0.05) is 0 Å². The van der Waals surface area contributed by atoms with Crippen LogP contribution in [0.3, 0.4) is 0 Å². The highest BCUT2D eigenvalue weighted by Gasteiger charge is 1.97. The monoisotopic (exact) mass is 168 g/mol. The number of aryl methyl sites for hydroxylation is 1. The summed E-state index contributed by atoms with van der Waals surface area (Å²) >= 11 is 0. The van der Waals surface area contributed by atoms with Crippen LogP contribution in [0.2, 0.25) is 0 Å². The van der Waals surface area contributed by atoms with E-state index >= 15 is 0 Å². The maximum atomic E-state index is 12.6. The van der Waals surface area contributed by atoms with E-state index in [4.69, 9.17) is 0 Å². The van der Waals surface area contributed by atoms with Crippen molar-refractivity contribution in [3.8, 4) is 0 Å². The number of carbonyl (C=O) groups is 1. The first-order chi connectivity index (χ1) is 5.74. The summed E-state index contributed by atoms with van der Waals surface area (Å²) in [6.45, 7) is 5.78. The van der Waals surface area contributed by atoms with Crippen LogP contribution in [0, 0.1) is 12.7 Å². The Morgan fingerprint density at radius 3 is 2.33 bits per heavy atom. The molecule has 0 heterocycles. The summed E-state index contributed by atoms with van der Waals surface area (Å²) in [4.78, 5) is 10.1. The molecule has 2 heteroatoms. The lowest BCUT2D eigenvalue weighted by Gasteiger charge is -1.94. The summed E-state index contributed by atoms with van der Waals surface area (Å²) in [5.41, 5.74) is 0.939. The fourth-order valence-corrected chi connectivity index (χ4v) is 0.728. The Hall–Kier alpha value is -1.18. The summed E-state index contributed by atoms with van der Waals surface area (Å²) in [6.07, 6.45) is 0.509. The molecular weight excluding hydrogens is 155 g/mol. The molecular formula is C10H13FO. The molecule has 1 rings (SSSR count). The average molecular weight is 168 g/mol. The van der Waals surface area contributed by atoms with Crippen molar-refractivity contribution in [2.45, 2.75) is 20.8 Å². The molecule has 0 unspecified atom stereocenters. The molecule has 0 aliphatic heterocycles. The highest BCUT2D eigenvalue weighted by molar-refractivity contribution is 5.75. The van der Waals surface area contributed by atoms with Gasteiger partial charge in [-0.2, -0.15) is 0 Å². The third-order valence-electron chi connectivity index (χ3n) is 1.28. The number of halogens is 1. The molecule has 0 aliphatic carbocycles. The fourth-order valence-electron chi connectivity index (χ4n) is 0.728. The maximum Gasteiger partial charge on any atom is 0.152 e. The van der Waals surface area contributed by atoms with E-state index in [-0.39, 0.29) is 5.56 Å². The van der Waals surface area contributed by atoms with Crippen LogP contribution in [0.15, 0.2) is 18.2 Å². The zero-order valence-electron chi connectivity index (χ0n) is 7.60. The topological polar surface area (TPSA) is 17.1 Å². The van der Waals surface area contributed by atoms with Crippen LogP contribution < -0.4 is 0 Å². The molecule has 0 saturated carbocycles. The lowest BCUT2D eigenvalue weighted by atomic mass is 10.1. The molecule has 0 aromatic heterocycles. The van der Waals surface area contributed by atoms with E-state index in [1.807, 2.05) is 13.8 Å². The average Bonchev–Trinajstić information content (AvgIpc) is 2.08. The van der Waals surface area contributed by atoms with Crippen LogP contribution in [-0.2, 0) is 0 Å². The second-order valence-electron chi connectivity index (χ2n) is 2.14. The molecule has 12 heavy (non-hydrogen) atoms. The van der Waals surface area contributed by atoms with Crippen LogP contribution in [-0.4, -0.2) is 6.29 Å². The van der Waals surface area contributed by atoms with Gasteiger partial charge in [-0.1, -0.05) is 19.9 Å². The Labute approximate surface area is 72.2 Å². The third kappa shape index (κ3) is 2.82. The molecule has 0 aliphatic rings. The Morgan fingerprint density at radius 2 is 1.92 bits per heavy atom. The molecule has 0 radical (unpaired) electrons. The Balaban J connectivity index is 0.000000561. The van der Waals surface area contributed by atoms with E-state index in [0.717, 1.165) is 5.56 Å². The van der Waals surface area contributed by atoms with Crippen molar-refractivity contribution < 1.29 is 9.18 Å². The van der Waals surface area contributed by atoms with Gasteiger partial charge in [-0.3, -0.25) is 4.79 Å². The summed E-state index contributed by atoms with van der Waals surface area (Å²) in [5, 5.41) is 0. The quantitative estimate of drug-likeness (QED) is 0.589. The van der Waals surface area contributed by atoms with Crippen LogP contribution in [0.25, 0.3) is 0 Å². The smallest absolute Gasteiger partial charge is 0.152 e. The van der Waals surface area contributed by atoms with Crippen molar-refractivity contribution in [1.29, 1.82) is 0 Å². The SMILES string of the molecule is CC.Cc1ccc(C=O)c(F)c1. The first kappa shape index (κ1) is 10.8. The van der Waals surface area contributed by atoms with Crippen molar-refractivity contribution in [3.63, 3.8) is 0 Å². The predicted molar refractivity (Wildman–Crippen MR) is 47.9 cm³/mol. The van der Waals surface area contributed by atoms with Gasteiger partial charge in [0.05, 0.1) is 5.56 Å². The highest BCUT2D eigenvalue weighted by Crippen LogP contribution is 2.06. The summed E-state index contributed by atoms with van der Waals surface area (Å²) in [5.74, 6) is -0.449. The fraction of sp³-hybridized carbons (Fsp3) is 0.300. The van der Waals surface area contributed by atoms with Gasteiger partial charge in [0.15, 0.2) is 6.29 Å². The number of aldehydes is 1. The first-order valence-corrected chi connectivity index (χ1v) is 3.95. The number of carbonyl (C=O) groups excluding carboxylic acids is 1. The molecule has 0 amide bonds. The molecule has 0 bridgehead atoms. The third-order valence-corrected chi connectivity index (χ3v) is 1.28. The predicted octanol–water partition coefficient (Wildman–Crippen LogP) is 2.97.